The fourth-order valence-corrected chi connectivity index (χ4v) is 7.51. The molecule has 272 valence electrons. The van der Waals surface area contributed by atoms with Crippen molar-refractivity contribution in [2.45, 2.75) is 0 Å². The second-order valence-corrected chi connectivity index (χ2v) is 13.5. The molecule has 0 atom stereocenters. The topological polar surface area (TPSA) is 16.4 Å². The molecule has 10 aromatic carbocycles. The van der Waals surface area contributed by atoms with E-state index >= 15 is 0 Å². The number of furan rings is 1. The van der Waals surface area contributed by atoms with Crippen molar-refractivity contribution >= 4 is 60.5 Å². The maximum Gasteiger partial charge on any atom is 0.136 e. The molecule has 0 aliphatic heterocycles. The Labute approximate surface area is 362 Å². The maximum absolute atomic E-state index is 9.91. The predicted octanol–water partition coefficient (Wildman–Crippen LogP) is 16.0. The van der Waals surface area contributed by atoms with Crippen LogP contribution in [0.1, 0.15) is 24.7 Å². The average Bonchev–Trinajstić information content (AvgIpc) is 3.85. The van der Waals surface area contributed by atoms with E-state index in [1.807, 2.05) is 53.4 Å². The van der Waals surface area contributed by atoms with Crippen molar-refractivity contribution in [2.24, 2.45) is 0 Å². The maximum atomic E-state index is 9.91. The van der Waals surface area contributed by atoms with Crippen molar-refractivity contribution < 1.29 is 29.1 Å². The smallest absolute Gasteiger partial charge is 0.136 e. The summed E-state index contributed by atoms with van der Waals surface area (Å²) in [6.07, 6.45) is 0. The standard InChI is InChI=1S/C56H37NO/c1-3-13-38(14-4-1)39-27-30-45(31-28-39)57(46-20-11-19-43(35-46)49-23-12-18-40-17-7-8-21-48(40)49)47-32-33-50(52(37-47)41-15-5-2-6-16-41)44-26-25-42-29-34-55-56(53(42)36-44)51-22-9-10-24-54(51)58-55/h1-37H/i1D,3D,4D,7D,8D,9D,10D,12D,13D,14D,17D,18D,21D,22D,24D,29D,34D,36D. The fraction of sp³-hybridized carbons (Fsp3) is 0. The number of hydrogen-bond donors (Lipinski definition) is 0. The van der Waals surface area contributed by atoms with Crippen LogP contribution in [-0.4, -0.2) is 0 Å². The summed E-state index contributed by atoms with van der Waals surface area (Å²) >= 11 is 0. The van der Waals surface area contributed by atoms with E-state index in [-0.39, 0.29) is 103 Å². The van der Waals surface area contributed by atoms with Crippen LogP contribution in [0, 0.1) is 0 Å². The lowest BCUT2D eigenvalue weighted by molar-refractivity contribution is 0.669. The third-order valence-corrected chi connectivity index (χ3v) is 10.2. The van der Waals surface area contributed by atoms with E-state index in [1.165, 1.54) is 6.07 Å². The van der Waals surface area contributed by atoms with Gasteiger partial charge >= 0.3 is 0 Å². The fourth-order valence-electron chi connectivity index (χ4n) is 7.51. The Hall–Kier alpha value is -7.68. The molecule has 0 radical (unpaired) electrons. The molecule has 11 rings (SSSR count). The summed E-state index contributed by atoms with van der Waals surface area (Å²) < 4.78 is 162. The Bertz CT molecular complexity index is 4300. The van der Waals surface area contributed by atoms with E-state index in [0.29, 0.717) is 44.9 Å². The van der Waals surface area contributed by atoms with Crippen LogP contribution < -0.4 is 4.90 Å². The van der Waals surface area contributed by atoms with Gasteiger partial charge in [-0.05, 0) is 121 Å². The van der Waals surface area contributed by atoms with E-state index in [0.717, 1.165) is 5.56 Å². The van der Waals surface area contributed by atoms with Gasteiger partial charge in [0, 0.05) is 27.8 Å². The molecule has 0 spiro atoms. The molecule has 0 saturated carbocycles. The molecule has 1 aromatic heterocycles. The summed E-state index contributed by atoms with van der Waals surface area (Å²) in [5.41, 5.74) is 4.57. The van der Waals surface area contributed by atoms with Crippen LogP contribution in [-0.2, 0) is 0 Å². The molecule has 0 aliphatic carbocycles. The zero-order valence-electron chi connectivity index (χ0n) is 48.3. The molecule has 0 fully saturated rings. The number of anilines is 3. The highest BCUT2D eigenvalue weighted by molar-refractivity contribution is 6.19. The number of para-hydroxylation sites is 1. The quantitative estimate of drug-likeness (QED) is 0.161. The van der Waals surface area contributed by atoms with Gasteiger partial charge < -0.3 is 9.32 Å². The van der Waals surface area contributed by atoms with Crippen LogP contribution in [0.15, 0.2) is 228 Å². The second-order valence-electron chi connectivity index (χ2n) is 13.5. The highest BCUT2D eigenvalue weighted by atomic mass is 16.3. The average molecular weight is 758 g/mol. The lowest BCUT2D eigenvalue weighted by Crippen LogP contribution is -2.10. The minimum absolute atomic E-state index is 0.00131. The number of benzene rings is 10. The van der Waals surface area contributed by atoms with Crippen LogP contribution in [0.25, 0.3) is 88.0 Å². The van der Waals surface area contributed by atoms with Gasteiger partial charge in [-0.1, -0.05) is 169 Å². The van der Waals surface area contributed by atoms with Crippen molar-refractivity contribution in [2.75, 3.05) is 4.90 Å². The van der Waals surface area contributed by atoms with Gasteiger partial charge in [-0.15, -0.1) is 0 Å². The van der Waals surface area contributed by atoms with Crippen molar-refractivity contribution in [1.82, 2.24) is 0 Å². The Morgan fingerprint density at radius 2 is 1.09 bits per heavy atom. The summed E-state index contributed by atoms with van der Waals surface area (Å²) in [7, 11) is 0. The highest BCUT2D eigenvalue weighted by Gasteiger charge is 2.19. The van der Waals surface area contributed by atoms with Crippen molar-refractivity contribution in [3.8, 4) is 44.5 Å². The number of rotatable bonds is 7. The van der Waals surface area contributed by atoms with Gasteiger partial charge in [-0.2, -0.15) is 0 Å². The first-order valence-corrected chi connectivity index (χ1v) is 18.4. The molecule has 0 aliphatic rings. The number of nitrogens with zero attached hydrogens (tertiary/aromatic N) is 1. The third kappa shape index (κ3) is 5.91. The Balaban J connectivity index is 1.17. The first-order valence-electron chi connectivity index (χ1n) is 27.4. The van der Waals surface area contributed by atoms with Gasteiger partial charge in [0.2, 0.25) is 0 Å². The van der Waals surface area contributed by atoms with E-state index in [9.17, 15) is 1.37 Å². The molecule has 1 heterocycles. The second kappa shape index (κ2) is 14.1. The molecule has 0 N–H and O–H groups in total. The Morgan fingerprint density at radius 1 is 0.362 bits per heavy atom. The first-order chi connectivity index (χ1) is 36.2. The van der Waals surface area contributed by atoms with Crippen LogP contribution >= 0.6 is 0 Å². The summed E-state index contributed by atoms with van der Waals surface area (Å²) in [4.78, 5) is 1.88. The van der Waals surface area contributed by atoms with Gasteiger partial charge in [0.1, 0.15) is 11.2 Å². The van der Waals surface area contributed by atoms with Gasteiger partial charge in [-0.25, -0.2) is 0 Å². The van der Waals surface area contributed by atoms with Gasteiger partial charge in [-0.3, -0.25) is 0 Å². The zero-order chi connectivity index (χ0) is 54.1. The van der Waals surface area contributed by atoms with E-state index in [1.54, 1.807) is 60.7 Å². The molecule has 0 unspecified atom stereocenters. The highest BCUT2D eigenvalue weighted by Crippen LogP contribution is 2.44. The van der Waals surface area contributed by atoms with E-state index < -0.39 is 60.4 Å². The molecule has 0 amide bonds. The number of fused-ring (bicyclic) bond motifs is 6. The van der Waals surface area contributed by atoms with Crippen molar-refractivity contribution in [1.29, 1.82) is 0 Å². The minimum Gasteiger partial charge on any atom is -0.456 e. The molecule has 11 aromatic rings. The molecule has 0 bridgehead atoms. The Kier molecular flexibility index (Phi) is 4.86. The summed E-state index contributed by atoms with van der Waals surface area (Å²) in [5.74, 6) is 0. The van der Waals surface area contributed by atoms with Crippen LogP contribution in [0.4, 0.5) is 17.1 Å². The zero-order valence-corrected chi connectivity index (χ0v) is 30.3. The SMILES string of the molecule is [2H]c1cc(-c2cccc(N(c3ccc(-c4c([2H])c([2H])c([2H])c([2H])c4[2H])cc3)c3ccc(-c4ccc5c([2H])c([2H])c6oc7c([2H])c([2H])c([2H])c([2H])c7c6c5c4[2H])c(-c4ccccc4)c3)c2)c2c([2H])c([2H])c([2H])c([2H])c2c1[2H]. The minimum atomic E-state index is -0.532. The van der Waals surface area contributed by atoms with Gasteiger partial charge in [0.05, 0.1) is 24.7 Å². The summed E-state index contributed by atoms with van der Waals surface area (Å²) in [6.45, 7) is 0. The molecule has 58 heavy (non-hydrogen) atoms. The van der Waals surface area contributed by atoms with Crippen LogP contribution in [0.3, 0.4) is 0 Å². The molecule has 2 nitrogen and oxygen atoms in total. The lowest BCUT2D eigenvalue weighted by Gasteiger charge is -2.27. The van der Waals surface area contributed by atoms with Crippen LogP contribution in [0.5, 0.6) is 0 Å². The van der Waals surface area contributed by atoms with Crippen molar-refractivity contribution in [3.63, 3.8) is 0 Å². The summed E-state index contributed by atoms with van der Waals surface area (Å²) in [6, 6.07) is 26.0. The number of hydrogen-bond acceptors (Lipinski definition) is 2. The Morgan fingerprint density at radius 3 is 1.97 bits per heavy atom. The summed E-state index contributed by atoms with van der Waals surface area (Å²) in [5, 5.41) is 0.421. The normalized spacial score (nSPS) is 15.8. The molecule has 0 saturated heterocycles. The van der Waals surface area contributed by atoms with E-state index in [4.69, 9.17) is 27.7 Å². The van der Waals surface area contributed by atoms with Crippen LogP contribution in [0.2, 0.25) is 0 Å². The monoisotopic (exact) mass is 757 g/mol. The largest absolute Gasteiger partial charge is 0.456 e. The van der Waals surface area contributed by atoms with Gasteiger partial charge in [0.25, 0.3) is 0 Å². The van der Waals surface area contributed by atoms with Crippen molar-refractivity contribution in [3.05, 3.63) is 224 Å². The molecular formula is C56H37NO. The predicted molar refractivity (Wildman–Crippen MR) is 245 cm³/mol. The first kappa shape index (κ1) is 20.0. The molecular weight excluding hydrogens is 703 g/mol. The van der Waals surface area contributed by atoms with E-state index in [2.05, 4.69) is 0 Å². The third-order valence-electron chi connectivity index (χ3n) is 10.2. The molecule has 2 heteroatoms. The lowest BCUT2D eigenvalue weighted by atomic mass is 9.91. The van der Waals surface area contributed by atoms with Gasteiger partial charge in [0.15, 0.2) is 0 Å².